The molecule has 1 unspecified atom stereocenters. The number of aryl methyl sites for hydroxylation is 2. The molecule has 0 radical (unpaired) electrons. The molecule has 0 aromatic heterocycles. The molecule has 0 amide bonds. The van der Waals surface area contributed by atoms with Gasteiger partial charge in [-0.15, -0.1) is 6.58 Å². The summed E-state index contributed by atoms with van der Waals surface area (Å²) in [6.07, 6.45) is 1.00. The highest BCUT2D eigenvalue weighted by Crippen LogP contribution is 2.23. The summed E-state index contributed by atoms with van der Waals surface area (Å²) in [5, 5.41) is 3.35. The molecule has 1 heteroatoms. The molecule has 0 spiro atoms. The topological polar surface area (TPSA) is 12.0 Å². The van der Waals surface area contributed by atoms with Gasteiger partial charge in [0.05, 0.1) is 0 Å². The van der Waals surface area contributed by atoms with Gasteiger partial charge in [0.1, 0.15) is 0 Å². The van der Waals surface area contributed by atoms with Crippen molar-refractivity contribution in [3.8, 4) is 0 Å². The molecule has 15 heavy (non-hydrogen) atoms. The minimum absolute atomic E-state index is 0.392. The fourth-order valence-electron chi connectivity index (χ4n) is 1.93. The van der Waals surface area contributed by atoms with Crippen LogP contribution in [0.2, 0.25) is 0 Å². The monoisotopic (exact) mass is 203 g/mol. The summed E-state index contributed by atoms with van der Waals surface area (Å²) < 4.78 is 0. The molecule has 0 bridgehead atoms. The number of rotatable bonds is 4. The van der Waals surface area contributed by atoms with Crippen LogP contribution in [0.3, 0.4) is 0 Å². The van der Waals surface area contributed by atoms with Gasteiger partial charge in [0.25, 0.3) is 0 Å². The fourth-order valence-corrected chi connectivity index (χ4v) is 1.93. The Hall–Kier alpha value is -1.08. The molecular weight excluding hydrogens is 182 g/mol. The smallest absolute Gasteiger partial charge is 0.0357 e. The molecule has 0 saturated heterocycles. The summed E-state index contributed by atoms with van der Waals surface area (Å²) in [7, 11) is 2.01. The van der Waals surface area contributed by atoms with Gasteiger partial charge in [0.2, 0.25) is 0 Å². The minimum atomic E-state index is 0.392. The molecule has 1 N–H and O–H groups in total. The Morgan fingerprint density at radius 1 is 1.40 bits per heavy atom. The van der Waals surface area contributed by atoms with Crippen molar-refractivity contribution in [1.29, 1.82) is 0 Å². The third-order valence-corrected chi connectivity index (χ3v) is 2.70. The largest absolute Gasteiger partial charge is 0.313 e. The van der Waals surface area contributed by atoms with E-state index in [-0.39, 0.29) is 0 Å². The molecule has 1 aromatic carbocycles. The summed E-state index contributed by atoms with van der Waals surface area (Å²) in [5.74, 6) is 0. The lowest BCUT2D eigenvalue weighted by Gasteiger charge is -2.19. The third-order valence-electron chi connectivity index (χ3n) is 2.70. The second kappa shape index (κ2) is 5.13. The second-order valence-corrected chi connectivity index (χ2v) is 4.36. The first kappa shape index (κ1) is 12.0. The molecule has 0 fully saturated rings. The van der Waals surface area contributed by atoms with Gasteiger partial charge in [-0.2, -0.15) is 0 Å². The zero-order chi connectivity index (χ0) is 11.4. The summed E-state index contributed by atoms with van der Waals surface area (Å²) in [6, 6.07) is 7.01. The van der Waals surface area contributed by atoms with Crippen molar-refractivity contribution in [2.45, 2.75) is 33.2 Å². The van der Waals surface area contributed by atoms with Crippen LogP contribution in [0.15, 0.2) is 30.4 Å². The van der Waals surface area contributed by atoms with Gasteiger partial charge in [-0.3, -0.25) is 0 Å². The van der Waals surface area contributed by atoms with Crippen molar-refractivity contribution in [1.82, 2.24) is 5.32 Å². The van der Waals surface area contributed by atoms with Crippen molar-refractivity contribution in [3.63, 3.8) is 0 Å². The van der Waals surface area contributed by atoms with Crippen LogP contribution in [-0.2, 0) is 0 Å². The molecule has 0 heterocycles. The highest BCUT2D eigenvalue weighted by molar-refractivity contribution is 5.33. The zero-order valence-corrected chi connectivity index (χ0v) is 10.2. The first-order chi connectivity index (χ1) is 7.04. The Labute approximate surface area is 93.2 Å². The van der Waals surface area contributed by atoms with E-state index in [1.165, 1.54) is 22.3 Å². The lowest BCUT2D eigenvalue weighted by atomic mass is 9.95. The lowest BCUT2D eigenvalue weighted by molar-refractivity contribution is 0.586. The Bertz CT molecular complexity index is 352. The molecule has 1 atom stereocenters. The van der Waals surface area contributed by atoms with Crippen LogP contribution in [0.1, 0.15) is 36.1 Å². The average Bonchev–Trinajstić information content (AvgIpc) is 2.14. The normalized spacial score (nSPS) is 12.5. The van der Waals surface area contributed by atoms with E-state index >= 15 is 0 Å². The van der Waals surface area contributed by atoms with Crippen LogP contribution in [0.4, 0.5) is 0 Å². The number of hydrogen-bond acceptors (Lipinski definition) is 1. The molecular formula is C14H21N. The first-order valence-corrected chi connectivity index (χ1v) is 5.43. The van der Waals surface area contributed by atoms with Gasteiger partial charge < -0.3 is 5.32 Å². The standard InChI is InChI=1S/C14H21N/c1-10(2)8-14(15-5)13-7-6-11(3)9-12(13)4/h6-7,9,14-15H,1,8H2,2-5H3. The maximum Gasteiger partial charge on any atom is 0.0357 e. The van der Waals surface area contributed by atoms with Crippen LogP contribution in [0, 0.1) is 13.8 Å². The van der Waals surface area contributed by atoms with Crippen LogP contribution >= 0.6 is 0 Å². The molecule has 1 nitrogen and oxygen atoms in total. The van der Waals surface area contributed by atoms with E-state index < -0.39 is 0 Å². The van der Waals surface area contributed by atoms with Crippen LogP contribution in [0.5, 0.6) is 0 Å². The van der Waals surface area contributed by atoms with Crippen molar-refractivity contribution in [3.05, 3.63) is 47.0 Å². The average molecular weight is 203 g/mol. The van der Waals surface area contributed by atoms with Crippen molar-refractivity contribution >= 4 is 0 Å². The molecule has 1 rings (SSSR count). The number of hydrogen-bond donors (Lipinski definition) is 1. The lowest BCUT2D eigenvalue weighted by Crippen LogP contribution is -2.17. The predicted molar refractivity (Wildman–Crippen MR) is 67.1 cm³/mol. The van der Waals surface area contributed by atoms with Gasteiger partial charge in [-0.05, 0) is 45.4 Å². The SMILES string of the molecule is C=C(C)CC(NC)c1ccc(C)cc1C. The molecule has 0 saturated carbocycles. The molecule has 0 aliphatic rings. The van der Waals surface area contributed by atoms with E-state index in [0.717, 1.165) is 6.42 Å². The maximum atomic E-state index is 3.98. The molecule has 0 aliphatic carbocycles. The summed E-state index contributed by atoms with van der Waals surface area (Å²) in [5.41, 5.74) is 5.28. The van der Waals surface area contributed by atoms with Crippen molar-refractivity contribution in [2.24, 2.45) is 0 Å². The fraction of sp³-hybridized carbons (Fsp3) is 0.429. The molecule has 0 aliphatic heterocycles. The quantitative estimate of drug-likeness (QED) is 0.738. The predicted octanol–water partition coefficient (Wildman–Crippen LogP) is 3.53. The van der Waals surface area contributed by atoms with Gasteiger partial charge in [0.15, 0.2) is 0 Å². The third kappa shape index (κ3) is 3.21. The Balaban J connectivity index is 2.96. The molecule has 82 valence electrons. The maximum absolute atomic E-state index is 3.98. The van der Waals surface area contributed by atoms with Gasteiger partial charge >= 0.3 is 0 Å². The van der Waals surface area contributed by atoms with E-state index in [0.29, 0.717) is 6.04 Å². The van der Waals surface area contributed by atoms with Crippen molar-refractivity contribution < 1.29 is 0 Å². The number of benzene rings is 1. The zero-order valence-electron chi connectivity index (χ0n) is 10.2. The van der Waals surface area contributed by atoms with Crippen LogP contribution in [0.25, 0.3) is 0 Å². The Morgan fingerprint density at radius 2 is 2.07 bits per heavy atom. The van der Waals surface area contributed by atoms with Crippen LogP contribution < -0.4 is 5.32 Å². The summed E-state index contributed by atoms with van der Waals surface area (Å²) >= 11 is 0. The molecule has 1 aromatic rings. The van der Waals surface area contributed by atoms with E-state index in [1.54, 1.807) is 0 Å². The van der Waals surface area contributed by atoms with E-state index in [9.17, 15) is 0 Å². The highest BCUT2D eigenvalue weighted by atomic mass is 14.9. The summed E-state index contributed by atoms with van der Waals surface area (Å²) in [4.78, 5) is 0. The minimum Gasteiger partial charge on any atom is -0.313 e. The van der Waals surface area contributed by atoms with E-state index in [2.05, 4.69) is 50.9 Å². The van der Waals surface area contributed by atoms with Gasteiger partial charge in [0, 0.05) is 6.04 Å². The highest BCUT2D eigenvalue weighted by Gasteiger charge is 2.11. The van der Waals surface area contributed by atoms with Crippen LogP contribution in [-0.4, -0.2) is 7.05 Å². The summed E-state index contributed by atoms with van der Waals surface area (Å²) in [6.45, 7) is 10.4. The van der Waals surface area contributed by atoms with E-state index in [1.807, 2.05) is 7.05 Å². The second-order valence-electron chi connectivity index (χ2n) is 4.36. The van der Waals surface area contributed by atoms with Gasteiger partial charge in [-0.25, -0.2) is 0 Å². The van der Waals surface area contributed by atoms with E-state index in [4.69, 9.17) is 0 Å². The van der Waals surface area contributed by atoms with Gasteiger partial charge in [-0.1, -0.05) is 29.3 Å². The van der Waals surface area contributed by atoms with Crippen molar-refractivity contribution in [2.75, 3.05) is 7.05 Å². The number of nitrogens with one attached hydrogen (secondary N) is 1. The first-order valence-electron chi connectivity index (χ1n) is 5.43. The Morgan fingerprint density at radius 3 is 2.53 bits per heavy atom. The Kier molecular flexibility index (Phi) is 4.10.